The van der Waals surface area contributed by atoms with Crippen LogP contribution < -0.4 is 5.32 Å². The molecular weight excluding hydrogens is 522 g/mol. The van der Waals surface area contributed by atoms with Crippen LogP contribution in [0.4, 0.5) is 4.79 Å². The second-order valence-electron chi connectivity index (χ2n) is 11.1. The summed E-state index contributed by atoms with van der Waals surface area (Å²) in [5.74, 6) is -0.629. The lowest BCUT2D eigenvalue weighted by atomic mass is 9.99. The van der Waals surface area contributed by atoms with E-state index in [1.807, 2.05) is 57.2 Å². The van der Waals surface area contributed by atoms with Gasteiger partial charge >= 0.3 is 12.1 Å². The zero-order chi connectivity index (χ0) is 29.1. The minimum atomic E-state index is -1.02. The fourth-order valence-electron chi connectivity index (χ4n) is 3.95. The first-order chi connectivity index (χ1) is 19.7. The summed E-state index contributed by atoms with van der Waals surface area (Å²) in [5, 5.41) is 19.2. The number of ether oxygens (including phenoxy) is 2. The topological polar surface area (TPSA) is 126 Å². The van der Waals surface area contributed by atoms with Gasteiger partial charge in [0.15, 0.2) is 0 Å². The van der Waals surface area contributed by atoms with Gasteiger partial charge in [0.2, 0.25) is 0 Å². The molecule has 0 aliphatic heterocycles. The van der Waals surface area contributed by atoms with Crippen molar-refractivity contribution in [1.82, 2.24) is 35.3 Å². The SMILES string of the molecule is CC(C)(C)COC(=O)N[C@H](Cc1cn(CCc2ccccc2)nn1)C(=O)OCc1cn(CCc2ccccc2)nn1. The van der Waals surface area contributed by atoms with Gasteiger partial charge in [0.25, 0.3) is 0 Å². The Morgan fingerprint density at radius 3 is 1.90 bits per heavy atom. The molecule has 216 valence electrons. The van der Waals surface area contributed by atoms with E-state index in [1.165, 1.54) is 11.1 Å². The molecule has 0 bridgehead atoms. The van der Waals surface area contributed by atoms with E-state index in [4.69, 9.17) is 9.47 Å². The highest BCUT2D eigenvalue weighted by Crippen LogP contribution is 2.13. The molecule has 4 rings (SSSR count). The molecule has 0 fully saturated rings. The van der Waals surface area contributed by atoms with Crippen molar-refractivity contribution >= 4 is 12.1 Å². The highest BCUT2D eigenvalue weighted by atomic mass is 16.6. The van der Waals surface area contributed by atoms with Crippen molar-refractivity contribution in [2.45, 2.75) is 65.8 Å². The summed E-state index contributed by atoms with van der Waals surface area (Å²) >= 11 is 0. The molecule has 0 saturated carbocycles. The Morgan fingerprint density at radius 2 is 1.34 bits per heavy atom. The number of carbonyl (C=O) groups excluding carboxylic acids is 2. The summed E-state index contributed by atoms with van der Waals surface area (Å²) in [5.41, 5.74) is 3.21. The van der Waals surface area contributed by atoms with Crippen LogP contribution in [0, 0.1) is 5.41 Å². The average Bonchev–Trinajstić information content (AvgIpc) is 3.62. The van der Waals surface area contributed by atoms with Crippen LogP contribution in [0.15, 0.2) is 73.1 Å². The monoisotopic (exact) mass is 559 g/mol. The number of rotatable bonds is 13. The van der Waals surface area contributed by atoms with Crippen LogP contribution in [0.25, 0.3) is 0 Å². The van der Waals surface area contributed by atoms with Gasteiger partial charge in [-0.1, -0.05) is 91.9 Å². The van der Waals surface area contributed by atoms with E-state index in [0.717, 1.165) is 12.8 Å². The number of esters is 1. The lowest BCUT2D eigenvalue weighted by molar-refractivity contribution is -0.147. The molecule has 2 aromatic carbocycles. The third kappa shape index (κ3) is 10.2. The van der Waals surface area contributed by atoms with E-state index in [2.05, 4.69) is 50.2 Å². The van der Waals surface area contributed by atoms with Crippen molar-refractivity contribution in [3.05, 3.63) is 95.6 Å². The summed E-state index contributed by atoms with van der Waals surface area (Å²) < 4.78 is 14.3. The first-order valence-electron chi connectivity index (χ1n) is 13.7. The Morgan fingerprint density at radius 1 is 0.805 bits per heavy atom. The van der Waals surface area contributed by atoms with Crippen molar-refractivity contribution in [1.29, 1.82) is 0 Å². The normalized spacial score (nSPS) is 12.1. The first kappa shape index (κ1) is 29.4. The van der Waals surface area contributed by atoms with Crippen molar-refractivity contribution in [2.75, 3.05) is 6.61 Å². The van der Waals surface area contributed by atoms with Crippen molar-refractivity contribution in [2.24, 2.45) is 5.41 Å². The van der Waals surface area contributed by atoms with Gasteiger partial charge in [-0.05, 0) is 29.4 Å². The summed E-state index contributed by atoms with van der Waals surface area (Å²) in [6.07, 6.45) is 4.50. The number of amides is 1. The smallest absolute Gasteiger partial charge is 0.407 e. The molecule has 2 heterocycles. The predicted octanol–water partition coefficient (Wildman–Crippen LogP) is 3.78. The second kappa shape index (κ2) is 14.2. The van der Waals surface area contributed by atoms with Crippen molar-refractivity contribution in [3.63, 3.8) is 0 Å². The lowest BCUT2D eigenvalue weighted by Gasteiger charge is -2.20. The van der Waals surface area contributed by atoms with Crippen LogP contribution in [0.1, 0.15) is 43.3 Å². The van der Waals surface area contributed by atoms with Gasteiger partial charge in [0.05, 0.1) is 18.5 Å². The summed E-state index contributed by atoms with van der Waals surface area (Å²) in [6, 6.07) is 19.1. The molecule has 4 aromatic rings. The molecule has 0 saturated heterocycles. The highest BCUT2D eigenvalue weighted by molar-refractivity contribution is 5.81. The van der Waals surface area contributed by atoms with Crippen molar-refractivity contribution in [3.8, 4) is 0 Å². The molecule has 0 spiro atoms. The molecule has 1 atom stereocenters. The van der Waals surface area contributed by atoms with E-state index in [0.29, 0.717) is 24.5 Å². The van der Waals surface area contributed by atoms with E-state index >= 15 is 0 Å². The number of nitrogens with zero attached hydrogens (tertiary/aromatic N) is 6. The summed E-state index contributed by atoms with van der Waals surface area (Å²) in [7, 11) is 0. The molecule has 11 nitrogen and oxygen atoms in total. The van der Waals surface area contributed by atoms with Crippen LogP contribution >= 0.6 is 0 Å². The number of hydrogen-bond acceptors (Lipinski definition) is 8. The Labute approximate surface area is 239 Å². The maximum Gasteiger partial charge on any atom is 0.407 e. The number of hydrogen-bond donors (Lipinski definition) is 1. The average molecular weight is 560 g/mol. The van der Waals surface area contributed by atoms with Gasteiger partial charge in [0, 0.05) is 25.7 Å². The van der Waals surface area contributed by atoms with Crippen LogP contribution in [0.3, 0.4) is 0 Å². The largest absolute Gasteiger partial charge is 0.457 e. The van der Waals surface area contributed by atoms with Gasteiger partial charge in [-0.15, -0.1) is 10.2 Å². The standard InChI is InChI=1S/C30H37N7O4/c1-30(2,3)22-41-29(39)31-27(18-25-19-36(34-32-25)16-14-23-10-6-4-7-11-23)28(38)40-21-26-20-37(35-33-26)17-15-24-12-8-5-9-13-24/h4-13,19-20,27H,14-18,21-22H2,1-3H3,(H,31,39)/t27-/m1/s1. The van der Waals surface area contributed by atoms with Gasteiger partial charge < -0.3 is 14.8 Å². The number of benzene rings is 2. The van der Waals surface area contributed by atoms with Crippen LogP contribution in [0.2, 0.25) is 0 Å². The maximum absolute atomic E-state index is 13.1. The first-order valence-corrected chi connectivity index (χ1v) is 13.7. The molecule has 1 amide bonds. The quantitative estimate of drug-likeness (QED) is 0.245. The molecule has 0 aliphatic carbocycles. The molecule has 1 N–H and O–H groups in total. The molecule has 11 heteroatoms. The molecule has 0 aliphatic rings. The number of aromatic nitrogens is 6. The number of carbonyl (C=O) groups is 2. The fraction of sp³-hybridized carbons (Fsp3) is 0.400. The van der Waals surface area contributed by atoms with E-state index in [1.54, 1.807) is 21.8 Å². The van der Waals surface area contributed by atoms with E-state index < -0.39 is 18.1 Å². The molecule has 0 radical (unpaired) electrons. The zero-order valence-electron chi connectivity index (χ0n) is 23.8. The minimum Gasteiger partial charge on any atom is -0.457 e. The van der Waals surface area contributed by atoms with E-state index in [-0.39, 0.29) is 25.0 Å². The molecule has 0 unspecified atom stereocenters. The molecular formula is C30H37N7O4. The Bertz CT molecular complexity index is 1380. The summed E-state index contributed by atoms with van der Waals surface area (Å²) in [4.78, 5) is 25.6. The minimum absolute atomic E-state index is 0.0802. The van der Waals surface area contributed by atoms with Crippen LogP contribution in [0.5, 0.6) is 0 Å². The molecule has 2 aromatic heterocycles. The third-order valence-corrected chi connectivity index (χ3v) is 6.11. The summed E-state index contributed by atoms with van der Waals surface area (Å²) in [6.45, 7) is 7.25. The maximum atomic E-state index is 13.1. The zero-order valence-corrected chi connectivity index (χ0v) is 23.8. The highest BCUT2D eigenvalue weighted by Gasteiger charge is 2.26. The number of aryl methyl sites for hydroxylation is 4. The van der Waals surface area contributed by atoms with Gasteiger partial charge in [-0.25, -0.2) is 9.59 Å². The lowest BCUT2D eigenvalue weighted by Crippen LogP contribution is -2.44. The Hall–Kier alpha value is -4.54. The van der Waals surface area contributed by atoms with Gasteiger partial charge in [-0.2, -0.15) is 0 Å². The van der Waals surface area contributed by atoms with Crippen molar-refractivity contribution < 1.29 is 19.1 Å². The number of nitrogens with one attached hydrogen (secondary N) is 1. The van der Waals surface area contributed by atoms with Crippen LogP contribution in [-0.2, 0) is 53.2 Å². The fourth-order valence-corrected chi connectivity index (χ4v) is 3.95. The predicted molar refractivity (Wildman–Crippen MR) is 152 cm³/mol. The van der Waals surface area contributed by atoms with Gasteiger partial charge in [0.1, 0.15) is 18.3 Å². The Balaban J connectivity index is 1.34. The van der Waals surface area contributed by atoms with Gasteiger partial charge in [-0.3, -0.25) is 9.36 Å². The number of alkyl carbamates (subject to hydrolysis) is 1. The Kier molecular flexibility index (Phi) is 10.2. The van der Waals surface area contributed by atoms with E-state index in [9.17, 15) is 9.59 Å². The van der Waals surface area contributed by atoms with Crippen LogP contribution in [-0.4, -0.2) is 54.7 Å². The third-order valence-electron chi connectivity index (χ3n) is 6.11. The molecule has 41 heavy (non-hydrogen) atoms. The second-order valence-corrected chi connectivity index (χ2v) is 11.1.